The van der Waals surface area contributed by atoms with Crippen molar-refractivity contribution >= 4 is 34.3 Å². The number of aromatic nitrogens is 4. The molecule has 0 saturated heterocycles. The predicted molar refractivity (Wildman–Crippen MR) is 111 cm³/mol. The molecule has 0 aliphatic heterocycles. The quantitative estimate of drug-likeness (QED) is 0.645. The molecule has 0 atom stereocenters. The van der Waals surface area contributed by atoms with E-state index in [4.69, 9.17) is 0 Å². The molecule has 8 heteroatoms. The third-order valence-electron chi connectivity index (χ3n) is 5.08. The summed E-state index contributed by atoms with van der Waals surface area (Å²) < 4.78 is 3.58. The van der Waals surface area contributed by atoms with Gasteiger partial charge in [0, 0.05) is 12.6 Å². The minimum absolute atomic E-state index is 0.0217. The number of hydrogen-bond acceptors (Lipinski definition) is 5. The van der Waals surface area contributed by atoms with E-state index in [-0.39, 0.29) is 17.2 Å². The number of thioether (sulfide) groups is 1. The number of rotatable bonds is 6. The molecule has 2 heterocycles. The van der Waals surface area contributed by atoms with E-state index in [1.165, 1.54) is 24.6 Å². The van der Waals surface area contributed by atoms with Crippen LogP contribution in [0.2, 0.25) is 0 Å². The van der Waals surface area contributed by atoms with Gasteiger partial charge in [-0.25, -0.2) is 0 Å². The summed E-state index contributed by atoms with van der Waals surface area (Å²) in [4.78, 5) is 25.3. The smallest absolute Gasteiger partial charge is 0.262 e. The highest BCUT2D eigenvalue weighted by atomic mass is 32.2. The van der Waals surface area contributed by atoms with Crippen LogP contribution in [-0.4, -0.2) is 36.9 Å². The van der Waals surface area contributed by atoms with Crippen LogP contribution in [0.3, 0.4) is 0 Å². The molecule has 0 spiro atoms. The van der Waals surface area contributed by atoms with Gasteiger partial charge in [0.15, 0.2) is 5.16 Å². The summed E-state index contributed by atoms with van der Waals surface area (Å²) in [5, 5.41) is 12.9. The molecular weight excluding hydrogens is 374 g/mol. The summed E-state index contributed by atoms with van der Waals surface area (Å²) in [5.74, 6) is 1.13. The highest BCUT2D eigenvalue weighted by molar-refractivity contribution is 7.99. The zero-order valence-electron chi connectivity index (χ0n) is 16.2. The van der Waals surface area contributed by atoms with Gasteiger partial charge in [0.05, 0.1) is 16.7 Å². The van der Waals surface area contributed by atoms with Crippen LogP contribution >= 0.6 is 11.8 Å². The first-order valence-corrected chi connectivity index (χ1v) is 10.8. The van der Waals surface area contributed by atoms with Crippen molar-refractivity contribution in [1.29, 1.82) is 0 Å². The molecule has 3 aromatic rings. The Hall–Kier alpha value is -2.35. The Morgan fingerprint density at radius 3 is 2.75 bits per heavy atom. The number of nitrogens with one attached hydrogen (secondary N) is 1. The Morgan fingerprint density at radius 2 is 2.00 bits per heavy atom. The molecule has 1 saturated carbocycles. The standard InChI is InChI=1S/C20H25N5O2S/c1-13(2)11-24-18(27)15-9-5-6-10-16(15)25-19(24)22-23-20(25)28-12-17(26)21-14-7-3-4-8-14/h5-6,9-10,13-14H,3-4,7-8,11-12H2,1-2H3,(H,21,26). The summed E-state index contributed by atoms with van der Waals surface area (Å²) in [6, 6.07) is 7.79. The number of benzene rings is 1. The van der Waals surface area contributed by atoms with E-state index in [9.17, 15) is 9.59 Å². The SMILES string of the molecule is CC(C)Cn1c(=O)c2ccccc2n2c(SCC(=O)NC3CCCC3)nnc12. The van der Waals surface area contributed by atoms with E-state index in [1.807, 2.05) is 28.7 Å². The maximum Gasteiger partial charge on any atom is 0.262 e. The van der Waals surface area contributed by atoms with E-state index in [2.05, 4.69) is 29.4 Å². The first-order chi connectivity index (χ1) is 13.5. The van der Waals surface area contributed by atoms with Crippen molar-refractivity contribution in [2.24, 2.45) is 5.92 Å². The van der Waals surface area contributed by atoms with Gasteiger partial charge in [-0.2, -0.15) is 0 Å². The van der Waals surface area contributed by atoms with Crippen LogP contribution in [-0.2, 0) is 11.3 Å². The number of carbonyl (C=O) groups is 1. The van der Waals surface area contributed by atoms with Crippen LogP contribution in [0.5, 0.6) is 0 Å². The molecule has 1 N–H and O–H groups in total. The molecule has 28 heavy (non-hydrogen) atoms. The fraction of sp³-hybridized carbons (Fsp3) is 0.500. The molecule has 1 aliphatic carbocycles. The van der Waals surface area contributed by atoms with Crippen LogP contribution in [0.4, 0.5) is 0 Å². The minimum Gasteiger partial charge on any atom is -0.353 e. The molecular formula is C20H25N5O2S. The first-order valence-electron chi connectivity index (χ1n) is 9.83. The van der Waals surface area contributed by atoms with Crippen LogP contribution in [0, 0.1) is 5.92 Å². The largest absolute Gasteiger partial charge is 0.353 e. The molecule has 148 valence electrons. The van der Waals surface area contributed by atoms with Crippen molar-refractivity contribution in [2.75, 3.05) is 5.75 Å². The molecule has 1 aromatic carbocycles. The van der Waals surface area contributed by atoms with Crippen molar-refractivity contribution in [3.63, 3.8) is 0 Å². The molecule has 1 fully saturated rings. The van der Waals surface area contributed by atoms with Crippen molar-refractivity contribution in [2.45, 2.75) is 57.3 Å². The van der Waals surface area contributed by atoms with Gasteiger partial charge in [-0.1, -0.05) is 50.6 Å². The Balaban J connectivity index is 1.68. The molecule has 0 radical (unpaired) electrons. The van der Waals surface area contributed by atoms with E-state index in [0.29, 0.717) is 34.8 Å². The molecule has 1 aliphatic rings. The topological polar surface area (TPSA) is 81.3 Å². The second kappa shape index (κ2) is 7.95. The lowest BCUT2D eigenvalue weighted by atomic mass is 10.2. The van der Waals surface area contributed by atoms with Crippen LogP contribution in [0.1, 0.15) is 39.5 Å². The lowest BCUT2D eigenvalue weighted by Gasteiger charge is -2.13. The predicted octanol–water partition coefficient (Wildman–Crippen LogP) is 2.85. The third kappa shape index (κ3) is 3.65. The fourth-order valence-electron chi connectivity index (χ4n) is 3.83. The maximum absolute atomic E-state index is 13.0. The molecule has 0 bridgehead atoms. The Morgan fingerprint density at radius 1 is 1.25 bits per heavy atom. The lowest BCUT2D eigenvalue weighted by Crippen LogP contribution is -2.33. The highest BCUT2D eigenvalue weighted by Gasteiger charge is 2.20. The summed E-state index contributed by atoms with van der Waals surface area (Å²) in [6.07, 6.45) is 4.51. The molecule has 2 aromatic heterocycles. The average Bonchev–Trinajstić information content (AvgIpc) is 3.33. The zero-order chi connectivity index (χ0) is 19.7. The van der Waals surface area contributed by atoms with Gasteiger partial charge >= 0.3 is 0 Å². The van der Waals surface area contributed by atoms with E-state index >= 15 is 0 Å². The molecule has 0 unspecified atom stereocenters. The van der Waals surface area contributed by atoms with Crippen molar-refractivity contribution in [3.05, 3.63) is 34.6 Å². The monoisotopic (exact) mass is 399 g/mol. The molecule has 1 amide bonds. The Bertz CT molecular complexity index is 1070. The van der Waals surface area contributed by atoms with Gasteiger partial charge in [0.25, 0.3) is 5.56 Å². The van der Waals surface area contributed by atoms with Gasteiger partial charge in [0.2, 0.25) is 11.7 Å². The van der Waals surface area contributed by atoms with Gasteiger partial charge in [0.1, 0.15) is 0 Å². The van der Waals surface area contributed by atoms with Gasteiger partial charge in [-0.15, -0.1) is 10.2 Å². The normalized spacial score (nSPS) is 15.1. The van der Waals surface area contributed by atoms with Gasteiger partial charge in [-0.3, -0.25) is 18.6 Å². The fourth-order valence-corrected chi connectivity index (χ4v) is 4.58. The number of nitrogens with zero attached hydrogens (tertiary/aromatic N) is 4. The highest BCUT2D eigenvalue weighted by Crippen LogP contribution is 2.22. The average molecular weight is 400 g/mol. The number of fused-ring (bicyclic) bond motifs is 3. The van der Waals surface area contributed by atoms with Crippen LogP contribution in [0.25, 0.3) is 16.7 Å². The van der Waals surface area contributed by atoms with E-state index in [0.717, 1.165) is 18.4 Å². The van der Waals surface area contributed by atoms with Gasteiger partial charge in [-0.05, 0) is 30.9 Å². The Labute approximate surface area is 167 Å². The van der Waals surface area contributed by atoms with Crippen molar-refractivity contribution < 1.29 is 4.79 Å². The lowest BCUT2D eigenvalue weighted by molar-refractivity contribution is -0.119. The molecule has 4 rings (SSSR count). The number of amides is 1. The third-order valence-corrected chi connectivity index (χ3v) is 6.01. The summed E-state index contributed by atoms with van der Waals surface area (Å²) in [6.45, 7) is 4.70. The van der Waals surface area contributed by atoms with Gasteiger partial charge < -0.3 is 5.32 Å². The van der Waals surface area contributed by atoms with E-state index < -0.39 is 0 Å². The maximum atomic E-state index is 13.0. The van der Waals surface area contributed by atoms with E-state index in [1.54, 1.807) is 4.57 Å². The summed E-state index contributed by atoms with van der Waals surface area (Å²) >= 11 is 1.36. The second-order valence-corrected chi connectivity index (χ2v) is 8.72. The second-order valence-electron chi connectivity index (χ2n) is 7.78. The number of carbonyl (C=O) groups excluding carboxylic acids is 1. The number of hydrogen-bond donors (Lipinski definition) is 1. The van der Waals surface area contributed by atoms with Crippen LogP contribution in [0.15, 0.2) is 34.2 Å². The number of para-hydroxylation sites is 1. The van der Waals surface area contributed by atoms with Crippen molar-refractivity contribution in [1.82, 2.24) is 24.5 Å². The summed E-state index contributed by atoms with van der Waals surface area (Å²) in [5.41, 5.74) is 0.714. The van der Waals surface area contributed by atoms with Crippen LogP contribution < -0.4 is 10.9 Å². The molecule has 7 nitrogen and oxygen atoms in total. The minimum atomic E-state index is -0.0558. The zero-order valence-corrected chi connectivity index (χ0v) is 17.0. The van der Waals surface area contributed by atoms with Crippen molar-refractivity contribution in [3.8, 4) is 0 Å². The first kappa shape index (κ1) is 19.0. The summed E-state index contributed by atoms with van der Waals surface area (Å²) in [7, 11) is 0. The Kier molecular flexibility index (Phi) is 5.39.